The summed E-state index contributed by atoms with van der Waals surface area (Å²) in [5.41, 5.74) is -0.166. The van der Waals surface area contributed by atoms with Crippen LogP contribution in [0, 0.1) is 0 Å². The Morgan fingerprint density at radius 1 is 1.00 bits per heavy atom. The molecule has 1 saturated heterocycles. The van der Waals surface area contributed by atoms with Crippen LogP contribution in [0.1, 0.15) is 42.9 Å². The first-order valence-corrected chi connectivity index (χ1v) is 10.3. The summed E-state index contributed by atoms with van der Waals surface area (Å²) < 4.78 is 40.0. The van der Waals surface area contributed by atoms with Gasteiger partial charge in [-0.1, -0.05) is 35.7 Å². The van der Waals surface area contributed by atoms with Gasteiger partial charge in [0.2, 0.25) is 0 Å². The van der Waals surface area contributed by atoms with E-state index in [0.29, 0.717) is 43.6 Å². The molecule has 2 nitrogen and oxygen atoms in total. The van der Waals surface area contributed by atoms with Gasteiger partial charge in [0.15, 0.2) is 0 Å². The van der Waals surface area contributed by atoms with Crippen molar-refractivity contribution in [2.45, 2.75) is 44.0 Å². The number of halogens is 5. The Kier molecular flexibility index (Phi) is 5.68. The van der Waals surface area contributed by atoms with E-state index in [1.165, 1.54) is 6.07 Å². The fraction of sp³-hybridized carbons (Fsp3) is 0.364. The Labute approximate surface area is 176 Å². The Morgan fingerprint density at radius 3 is 2.45 bits per heavy atom. The number of nitrogens with one attached hydrogen (secondary N) is 1. The van der Waals surface area contributed by atoms with E-state index in [0.717, 1.165) is 37.9 Å². The van der Waals surface area contributed by atoms with Gasteiger partial charge >= 0.3 is 6.18 Å². The summed E-state index contributed by atoms with van der Waals surface area (Å²) in [5.74, 6) is 0. The molecule has 154 valence electrons. The molecule has 1 heterocycles. The van der Waals surface area contributed by atoms with Crippen LogP contribution in [0.2, 0.25) is 10.0 Å². The van der Waals surface area contributed by atoms with Crippen molar-refractivity contribution in [3.05, 3.63) is 57.6 Å². The average molecular weight is 442 g/mol. The third kappa shape index (κ3) is 4.19. The smallest absolute Gasteiger partial charge is 0.388 e. The molecule has 1 aliphatic rings. The van der Waals surface area contributed by atoms with Crippen LogP contribution >= 0.6 is 23.2 Å². The summed E-state index contributed by atoms with van der Waals surface area (Å²) in [6, 6.07) is 8.72. The molecule has 2 atom stereocenters. The number of fused-ring (bicyclic) bond motifs is 3. The predicted octanol–water partition coefficient (Wildman–Crippen LogP) is 6.88. The number of aliphatic hydroxyl groups excluding tert-OH is 1. The van der Waals surface area contributed by atoms with Crippen LogP contribution in [0.3, 0.4) is 0 Å². The van der Waals surface area contributed by atoms with Gasteiger partial charge in [-0.05, 0) is 77.9 Å². The van der Waals surface area contributed by atoms with Gasteiger partial charge < -0.3 is 10.4 Å². The number of aliphatic hydroxyl groups is 1. The molecular formula is C22H20Cl2F3NO. The number of hydrogen-bond donors (Lipinski definition) is 2. The third-order valence-electron chi connectivity index (χ3n) is 5.62. The second kappa shape index (κ2) is 7.95. The number of piperidine rings is 1. The molecule has 0 saturated carbocycles. The largest absolute Gasteiger partial charge is 0.416 e. The van der Waals surface area contributed by atoms with Crippen LogP contribution in [0.4, 0.5) is 13.2 Å². The molecule has 1 fully saturated rings. The lowest BCUT2D eigenvalue weighted by atomic mass is 9.89. The molecule has 0 spiro atoms. The maximum Gasteiger partial charge on any atom is 0.416 e. The molecule has 0 aromatic heterocycles. The lowest BCUT2D eigenvalue weighted by Gasteiger charge is -2.26. The van der Waals surface area contributed by atoms with E-state index in [1.54, 1.807) is 18.2 Å². The summed E-state index contributed by atoms with van der Waals surface area (Å²) in [6.45, 7) is 0.912. The molecule has 4 rings (SSSR count). The van der Waals surface area contributed by atoms with E-state index >= 15 is 0 Å². The SMILES string of the molecule is O[C@@H](C[C@H]1CCCCN1)c1cc2c(Cl)cc(Cl)cc2c2cc(C(F)(F)F)ccc12. The maximum atomic E-state index is 13.3. The fourth-order valence-corrected chi connectivity index (χ4v) is 4.73. The number of hydrogen-bond acceptors (Lipinski definition) is 2. The highest BCUT2D eigenvalue weighted by atomic mass is 35.5. The summed E-state index contributed by atoms with van der Waals surface area (Å²) in [7, 11) is 0. The summed E-state index contributed by atoms with van der Waals surface area (Å²) >= 11 is 12.5. The van der Waals surface area contributed by atoms with Gasteiger partial charge in [-0.15, -0.1) is 0 Å². The van der Waals surface area contributed by atoms with E-state index in [2.05, 4.69) is 5.32 Å². The van der Waals surface area contributed by atoms with Crippen LogP contribution < -0.4 is 5.32 Å². The van der Waals surface area contributed by atoms with Crippen molar-refractivity contribution in [1.82, 2.24) is 5.32 Å². The van der Waals surface area contributed by atoms with Crippen LogP contribution in [-0.4, -0.2) is 17.7 Å². The lowest BCUT2D eigenvalue weighted by molar-refractivity contribution is -0.137. The zero-order chi connectivity index (χ0) is 20.8. The molecule has 1 aliphatic heterocycles. The van der Waals surface area contributed by atoms with Crippen LogP contribution in [0.15, 0.2) is 36.4 Å². The van der Waals surface area contributed by atoms with Crippen molar-refractivity contribution in [2.24, 2.45) is 0 Å². The molecule has 3 aromatic rings. The van der Waals surface area contributed by atoms with Gasteiger partial charge in [0.05, 0.1) is 11.7 Å². The molecular weight excluding hydrogens is 422 g/mol. The van der Waals surface area contributed by atoms with Crippen LogP contribution in [0.25, 0.3) is 21.5 Å². The Bertz CT molecular complexity index is 1060. The average Bonchev–Trinajstić information content (AvgIpc) is 2.67. The molecule has 0 aliphatic carbocycles. The molecule has 29 heavy (non-hydrogen) atoms. The minimum atomic E-state index is -4.47. The summed E-state index contributed by atoms with van der Waals surface area (Å²) in [4.78, 5) is 0. The number of rotatable bonds is 3. The van der Waals surface area contributed by atoms with E-state index in [1.807, 2.05) is 0 Å². The van der Waals surface area contributed by atoms with Gasteiger partial charge in [-0.2, -0.15) is 13.2 Å². The first-order chi connectivity index (χ1) is 13.7. The lowest BCUT2D eigenvalue weighted by Crippen LogP contribution is -2.35. The fourth-order valence-electron chi connectivity index (χ4n) is 4.18. The van der Waals surface area contributed by atoms with E-state index in [9.17, 15) is 18.3 Å². The number of alkyl halides is 3. The highest BCUT2D eigenvalue weighted by Crippen LogP contribution is 2.40. The highest BCUT2D eigenvalue weighted by Gasteiger charge is 2.31. The van der Waals surface area contributed by atoms with Crippen molar-refractivity contribution in [2.75, 3.05) is 6.54 Å². The summed E-state index contributed by atoms with van der Waals surface area (Å²) in [6.07, 6.45) is -1.61. The Hall–Kier alpha value is -1.53. The minimum absolute atomic E-state index is 0.180. The first kappa shape index (κ1) is 20.7. The van der Waals surface area contributed by atoms with Gasteiger partial charge in [-0.25, -0.2) is 0 Å². The third-order valence-corrected chi connectivity index (χ3v) is 6.15. The summed E-state index contributed by atoms with van der Waals surface area (Å²) in [5, 5.41) is 17.1. The monoisotopic (exact) mass is 441 g/mol. The Balaban J connectivity index is 1.91. The van der Waals surface area contributed by atoms with Gasteiger partial charge in [0, 0.05) is 21.5 Å². The molecule has 2 N–H and O–H groups in total. The zero-order valence-corrected chi connectivity index (χ0v) is 17.0. The topological polar surface area (TPSA) is 32.3 Å². The zero-order valence-electron chi connectivity index (χ0n) is 15.5. The molecule has 3 aromatic carbocycles. The quantitative estimate of drug-likeness (QED) is 0.433. The maximum absolute atomic E-state index is 13.3. The van der Waals surface area contributed by atoms with Crippen molar-refractivity contribution in [3.8, 4) is 0 Å². The molecule has 0 amide bonds. The second-order valence-electron chi connectivity index (χ2n) is 7.60. The van der Waals surface area contributed by atoms with E-state index in [-0.39, 0.29) is 6.04 Å². The predicted molar refractivity (Wildman–Crippen MR) is 112 cm³/mol. The molecule has 7 heteroatoms. The highest BCUT2D eigenvalue weighted by molar-refractivity contribution is 6.39. The number of benzene rings is 3. The molecule has 0 bridgehead atoms. The molecule has 0 unspecified atom stereocenters. The van der Waals surface area contributed by atoms with Crippen LogP contribution in [-0.2, 0) is 6.18 Å². The van der Waals surface area contributed by atoms with Gasteiger partial charge in [0.25, 0.3) is 0 Å². The van der Waals surface area contributed by atoms with Crippen molar-refractivity contribution < 1.29 is 18.3 Å². The van der Waals surface area contributed by atoms with E-state index < -0.39 is 17.8 Å². The van der Waals surface area contributed by atoms with Gasteiger partial charge in [0.1, 0.15) is 0 Å². The van der Waals surface area contributed by atoms with E-state index in [4.69, 9.17) is 23.2 Å². The first-order valence-electron chi connectivity index (χ1n) is 9.58. The normalized spacial score (nSPS) is 19.0. The molecule has 0 radical (unpaired) electrons. The van der Waals surface area contributed by atoms with Crippen LogP contribution in [0.5, 0.6) is 0 Å². The van der Waals surface area contributed by atoms with Crippen molar-refractivity contribution in [1.29, 1.82) is 0 Å². The van der Waals surface area contributed by atoms with Gasteiger partial charge in [-0.3, -0.25) is 0 Å². The van der Waals surface area contributed by atoms with Crippen molar-refractivity contribution in [3.63, 3.8) is 0 Å². The second-order valence-corrected chi connectivity index (χ2v) is 8.45. The minimum Gasteiger partial charge on any atom is -0.388 e. The Morgan fingerprint density at radius 2 is 1.76 bits per heavy atom. The van der Waals surface area contributed by atoms with Crippen molar-refractivity contribution >= 4 is 44.7 Å². The standard InChI is InChI=1S/C22H20Cl2F3NO/c23-13-8-17-16-7-12(22(25,26)27)4-5-15(16)19(11-18(17)20(24)9-13)21(29)10-14-3-1-2-6-28-14/h4-5,7-9,11,14,21,28-29H,1-3,6,10H2/t14-,21+/m1/s1.